The Morgan fingerprint density at radius 2 is 2.36 bits per heavy atom. The van der Waals surface area contributed by atoms with Crippen LogP contribution in [0, 0.1) is 6.92 Å². The van der Waals surface area contributed by atoms with Gasteiger partial charge in [0.15, 0.2) is 5.43 Å². The average Bonchev–Trinajstić information content (AvgIpc) is 2.16. The molecule has 0 aliphatic rings. The number of aromatic amines is 1. The first-order valence-corrected chi connectivity index (χ1v) is 4.75. The van der Waals surface area contributed by atoms with Gasteiger partial charge in [-0.1, -0.05) is 0 Å². The van der Waals surface area contributed by atoms with Crippen molar-refractivity contribution in [2.24, 2.45) is 5.73 Å². The topological polar surface area (TPSA) is 70.9 Å². The van der Waals surface area contributed by atoms with E-state index in [-0.39, 0.29) is 11.5 Å². The van der Waals surface area contributed by atoms with Crippen LogP contribution in [0.3, 0.4) is 0 Å². The Balaban J connectivity index is 2.64. The van der Waals surface area contributed by atoms with Crippen LogP contribution in [-0.2, 0) is 6.54 Å². The predicted octanol–water partition coefficient (Wildman–Crippen LogP) is 0.120. The molecule has 0 saturated heterocycles. The lowest BCUT2D eigenvalue weighted by molar-refractivity contribution is 0.554. The molecule has 1 unspecified atom stereocenters. The van der Waals surface area contributed by atoms with Crippen molar-refractivity contribution in [1.29, 1.82) is 0 Å². The van der Waals surface area contributed by atoms with Gasteiger partial charge in [-0.25, -0.2) is 0 Å². The maximum Gasteiger partial charge on any atom is 0.186 e. The Hall–Kier alpha value is -1.13. The molecule has 1 heterocycles. The van der Waals surface area contributed by atoms with Gasteiger partial charge in [-0.15, -0.1) is 0 Å². The summed E-state index contributed by atoms with van der Waals surface area (Å²) in [5.74, 6) is 0. The number of rotatable bonds is 4. The smallest absolute Gasteiger partial charge is 0.186 e. The Kier molecular flexibility index (Phi) is 3.85. The predicted molar refractivity (Wildman–Crippen MR) is 57.2 cm³/mol. The Labute approximate surface area is 83.5 Å². The van der Waals surface area contributed by atoms with E-state index in [2.05, 4.69) is 10.3 Å². The number of pyridine rings is 1. The summed E-state index contributed by atoms with van der Waals surface area (Å²) in [7, 11) is 0. The zero-order valence-corrected chi connectivity index (χ0v) is 8.63. The molecule has 4 N–H and O–H groups in total. The number of aryl methyl sites for hydroxylation is 1. The summed E-state index contributed by atoms with van der Waals surface area (Å²) in [6.07, 6.45) is 1.74. The molecular formula is C10H17N3O. The molecule has 0 spiro atoms. The zero-order valence-electron chi connectivity index (χ0n) is 8.63. The standard InChI is InChI=1S/C10H17N3O/c1-7-3-10(14)9(5-12-7)6-13-8(2)4-11/h3,5,8,13H,4,6,11H2,1-2H3,(H,12,14). The maximum absolute atomic E-state index is 11.4. The SMILES string of the molecule is Cc1cc(=O)c(CNC(C)CN)c[nH]1. The lowest BCUT2D eigenvalue weighted by Gasteiger charge is -2.10. The van der Waals surface area contributed by atoms with E-state index in [9.17, 15) is 4.79 Å². The molecule has 1 aromatic heterocycles. The van der Waals surface area contributed by atoms with Crippen LogP contribution < -0.4 is 16.5 Å². The molecule has 0 aliphatic heterocycles. The zero-order chi connectivity index (χ0) is 10.6. The van der Waals surface area contributed by atoms with Crippen molar-refractivity contribution in [2.45, 2.75) is 26.4 Å². The van der Waals surface area contributed by atoms with Crippen LogP contribution in [0.25, 0.3) is 0 Å². The van der Waals surface area contributed by atoms with E-state index in [1.54, 1.807) is 12.3 Å². The molecule has 0 aliphatic carbocycles. The minimum Gasteiger partial charge on any atom is -0.365 e. The minimum atomic E-state index is 0.0676. The van der Waals surface area contributed by atoms with Gasteiger partial charge in [0.25, 0.3) is 0 Å². The van der Waals surface area contributed by atoms with Gasteiger partial charge in [-0.2, -0.15) is 0 Å². The Morgan fingerprint density at radius 3 is 2.93 bits per heavy atom. The van der Waals surface area contributed by atoms with E-state index in [1.807, 2.05) is 13.8 Å². The number of hydrogen-bond acceptors (Lipinski definition) is 3. The largest absolute Gasteiger partial charge is 0.365 e. The fourth-order valence-corrected chi connectivity index (χ4v) is 1.11. The van der Waals surface area contributed by atoms with Crippen molar-refractivity contribution in [3.63, 3.8) is 0 Å². The van der Waals surface area contributed by atoms with Crippen LogP contribution in [0.4, 0.5) is 0 Å². The molecular weight excluding hydrogens is 178 g/mol. The summed E-state index contributed by atoms with van der Waals surface area (Å²) in [5, 5.41) is 3.16. The normalized spacial score (nSPS) is 12.8. The molecule has 0 fully saturated rings. The minimum absolute atomic E-state index is 0.0676. The van der Waals surface area contributed by atoms with E-state index in [1.165, 1.54) is 0 Å². The Morgan fingerprint density at radius 1 is 1.64 bits per heavy atom. The first-order valence-electron chi connectivity index (χ1n) is 4.75. The first-order chi connectivity index (χ1) is 6.63. The summed E-state index contributed by atoms with van der Waals surface area (Å²) in [4.78, 5) is 14.5. The third kappa shape index (κ3) is 2.97. The second-order valence-electron chi connectivity index (χ2n) is 3.52. The molecule has 0 radical (unpaired) electrons. The second-order valence-corrected chi connectivity index (χ2v) is 3.52. The third-order valence-corrected chi connectivity index (χ3v) is 2.13. The van der Waals surface area contributed by atoms with Crippen molar-refractivity contribution >= 4 is 0 Å². The van der Waals surface area contributed by atoms with Crippen molar-refractivity contribution in [3.05, 3.63) is 33.7 Å². The molecule has 1 rings (SSSR count). The summed E-state index contributed by atoms with van der Waals surface area (Å²) in [6, 6.07) is 1.83. The number of aromatic nitrogens is 1. The van der Waals surface area contributed by atoms with E-state index in [0.29, 0.717) is 13.1 Å². The molecule has 78 valence electrons. The molecule has 0 amide bonds. The van der Waals surface area contributed by atoms with Gasteiger partial charge in [-0.05, 0) is 13.8 Å². The highest BCUT2D eigenvalue weighted by Crippen LogP contribution is 1.92. The summed E-state index contributed by atoms with van der Waals surface area (Å²) in [6.45, 7) is 4.99. The quantitative estimate of drug-likeness (QED) is 0.639. The molecule has 1 aromatic rings. The highest BCUT2D eigenvalue weighted by molar-refractivity contribution is 5.13. The number of hydrogen-bond donors (Lipinski definition) is 3. The van der Waals surface area contributed by atoms with Gasteiger partial charge in [0, 0.05) is 42.7 Å². The molecule has 0 saturated carbocycles. The second kappa shape index (κ2) is 4.93. The van der Waals surface area contributed by atoms with Crippen molar-refractivity contribution in [2.75, 3.05) is 6.54 Å². The van der Waals surface area contributed by atoms with Crippen LogP contribution in [0.2, 0.25) is 0 Å². The van der Waals surface area contributed by atoms with Gasteiger partial charge in [0.2, 0.25) is 0 Å². The summed E-state index contributed by atoms with van der Waals surface area (Å²) < 4.78 is 0. The number of H-pyrrole nitrogens is 1. The molecule has 4 heteroatoms. The highest BCUT2D eigenvalue weighted by atomic mass is 16.1. The average molecular weight is 195 g/mol. The van der Waals surface area contributed by atoms with Crippen molar-refractivity contribution < 1.29 is 0 Å². The van der Waals surface area contributed by atoms with Crippen LogP contribution in [0.1, 0.15) is 18.2 Å². The monoisotopic (exact) mass is 195 g/mol. The van der Waals surface area contributed by atoms with Gasteiger partial charge < -0.3 is 16.0 Å². The van der Waals surface area contributed by atoms with E-state index in [4.69, 9.17) is 5.73 Å². The fraction of sp³-hybridized carbons (Fsp3) is 0.500. The van der Waals surface area contributed by atoms with Gasteiger partial charge in [0.05, 0.1) is 0 Å². The lowest BCUT2D eigenvalue weighted by Crippen LogP contribution is -2.34. The van der Waals surface area contributed by atoms with Crippen molar-refractivity contribution in [3.8, 4) is 0 Å². The van der Waals surface area contributed by atoms with Crippen LogP contribution >= 0.6 is 0 Å². The molecule has 14 heavy (non-hydrogen) atoms. The van der Waals surface area contributed by atoms with Gasteiger partial charge in [-0.3, -0.25) is 4.79 Å². The molecule has 4 nitrogen and oxygen atoms in total. The van der Waals surface area contributed by atoms with Crippen LogP contribution in [0.15, 0.2) is 17.1 Å². The number of nitrogens with one attached hydrogen (secondary N) is 2. The molecule has 0 aromatic carbocycles. The first kappa shape index (κ1) is 10.9. The summed E-state index contributed by atoms with van der Waals surface area (Å²) >= 11 is 0. The summed E-state index contributed by atoms with van der Waals surface area (Å²) in [5.41, 5.74) is 7.14. The van der Waals surface area contributed by atoms with Gasteiger partial charge >= 0.3 is 0 Å². The molecule has 0 bridgehead atoms. The number of nitrogens with two attached hydrogens (primary N) is 1. The Bertz CT molecular complexity index is 345. The maximum atomic E-state index is 11.4. The van der Waals surface area contributed by atoms with E-state index >= 15 is 0 Å². The highest BCUT2D eigenvalue weighted by Gasteiger charge is 2.01. The lowest BCUT2D eigenvalue weighted by atomic mass is 10.2. The van der Waals surface area contributed by atoms with Crippen molar-refractivity contribution in [1.82, 2.24) is 10.3 Å². The molecule has 1 atom stereocenters. The van der Waals surface area contributed by atoms with E-state index in [0.717, 1.165) is 11.3 Å². The fourth-order valence-electron chi connectivity index (χ4n) is 1.11. The van der Waals surface area contributed by atoms with E-state index < -0.39 is 0 Å². The van der Waals surface area contributed by atoms with Gasteiger partial charge in [0.1, 0.15) is 0 Å². The third-order valence-electron chi connectivity index (χ3n) is 2.13. The van der Waals surface area contributed by atoms with Crippen LogP contribution in [-0.4, -0.2) is 17.6 Å². The van der Waals surface area contributed by atoms with Crippen LogP contribution in [0.5, 0.6) is 0 Å².